The van der Waals surface area contributed by atoms with Crippen LogP contribution in [0, 0.1) is 0 Å². The molecule has 0 aliphatic heterocycles. The highest BCUT2D eigenvalue weighted by Crippen LogP contribution is 2.27. The molecule has 2 rings (SSSR count). The van der Waals surface area contributed by atoms with Crippen molar-refractivity contribution in [3.05, 3.63) is 40.5 Å². The fourth-order valence-electron chi connectivity index (χ4n) is 1.40. The third kappa shape index (κ3) is 3.24. The topological polar surface area (TPSA) is 49.8 Å². The average Bonchev–Trinajstić information content (AvgIpc) is 2.34. The van der Waals surface area contributed by atoms with Gasteiger partial charge in [-0.05, 0) is 31.2 Å². The number of rotatable bonds is 4. The fourth-order valence-corrected chi connectivity index (χ4v) is 1.86. The second-order valence-corrected chi connectivity index (χ2v) is 4.39. The van der Waals surface area contributed by atoms with E-state index >= 15 is 0 Å². The molecule has 2 N–H and O–H groups in total. The lowest BCUT2D eigenvalue weighted by Crippen LogP contribution is -2.03. The van der Waals surface area contributed by atoms with Crippen LogP contribution in [0.15, 0.2) is 30.5 Å². The maximum atomic E-state index is 6.07. The summed E-state index contributed by atoms with van der Waals surface area (Å²) in [6.07, 6.45) is 1.68. The lowest BCUT2D eigenvalue weighted by Gasteiger charge is -2.09. The van der Waals surface area contributed by atoms with E-state index in [0.29, 0.717) is 21.8 Å². The lowest BCUT2D eigenvalue weighted by atomic mass is 10.3. The lowest BCUT2D eigenvalue weighted by molar-refractivity contribution is 1.09. The number of hydrogen-bond donors (Lipinski definition) is 2. The van der Waals surface area contributed by atoms with Gasteiger partial charge in [-0.1, -0.05) is 23.2 Å². The molecule has 0 aliphatic rings. The van der Waals surface area contributed by atoms with Crippen molar-refractivity contribution in [3.63, 3.8) is 0 Å². The largest absolute Gasteiger partial charge is 0.354 e. The van der Waals surface area contributed by atoms with E-state index in [2.05, 4.69) is 20.6 Å². The Labute approximate surface area is 115 Å². The molecule has 1 aromatic heterocycles. The summed E-state index contributed by atoms with van der Waals surface area (Å²) >= 11 is 11.9. The monoisotopic (exact) mass is 282 g/mol. The summed E-state index contributed by atoms with van der Waals surface area (Å²) < 4.78 is 0. The van der Waals surface area contributed by atoms with Gasteiger partial charge >= 0.3 is 0 Å². The van der Waals surface area contributed by atoms with E-state index in [1.54, 1.807) is 30.5 Å². The molecular weight excluding hydrogens is 271 g/mol. The van der Waals surface area contributed by atoms with Gasteiger partial charge in [-0.2, -0.15) is 4.98 Å². The summed E-state index contributed by atoms with van der Waals surface area (Å²) in [6, 6.07) is 7.02. The van der Waals surface area contributed by atoms with Crippen LogP contribution in [0.3, 0.4) is 0 Å². The normalized spacial score (nSPS) is 10.2. The van der Waals surface area contributed by atoms with Gasteiger partial charge in [0.15, 0.2) is 0 Å². The molecule has 0 spiro atoms. The van der Waals surface area contributed by atoms with Gasteiger partial charge in [0, 0.05) is 17.8 Å². The van der Waals surface area contributed by atoms with Gasteiger partial charge < -0.3 is 10.6 Å². The average molecular weight is 283 g/mol. The van der Waals surface area contributed by atoms with Crippen LogP contribution >= 0.6 is 23.2 Å². The summed E-state index contributed by atoms with van der Waals surface area (Å²) in [4.78, 5) is 8.39. The molecule has 0 radical (unpaired) electrons. The summed E-state index contributed by atoms with van der Waals surface area (Å²) in [6.45, 7) is 2.75. The molecule has 0 unspecified atom stereocenters. The van der Waals surface area contributed by atoms with Crippen LogP contribution in [-0.2, 0) is 0 Å². The third-order valence-electron chi connectivity index (χ3n) is 2.18. The van der Waals surface area contributed by atoms with Crippen molar-refractivity contribution in [1.82, 2.24) is 9.97 Å². The molecule has 0 saturated heterocycles. The maximum Gasteiger partial charge on any atom is 0.224 e. The minimum atomic E-state index is 0.547. The van der Waals surface area contributed by atoms with E-state index in [4.69, 9.17) is 23.2 Å². The first kappa shape index (κ1) is 12.9. The summed E-state index contributed by atoms with van der Waals surface area (Å²) in [5.41, 5.74) is 0.752. The highest BCUT2D eigenvalue weighted by Gasteiger charge is 2.03. The number of anilines is 3. The number of benzene rings is 1. The minimum Gasteiger partial charge on any atom is -0.354 e. The van der Waals surface area contributed by atoms with E-state index in [1.165, 1.54) is 0 Å². The Kier molecular flexibility index (Phi) is 4.23. The van der Waals surface area contributed by atoms with Crippen LogP contribution in [0.4, 0.5) is 17.5 Å². The summed E-state index contributed by atoms with van der Waals surface area (Å²) in [5.74, 6) is 1.25. The molecular formula is C12H12Cl2N4. The van der Waals surface area contributed by atoms with E-state index < -0.39 is 0 Å². The van der Waals surface area contributed by atoms with Gasteiger partial charge in [-0.15, -0.1) is 0 Å². The predicted octanol–water partition coefficient (Wildman–Crippen LogP) is 3.96. The molecule has 4 nitrogen and oxygen atoms in total. The molecule has 2 aromatic rings. The Morgan fingerprint density at radius 2 is 2.06 bits per heavy atom. The Balaban J connectivity index is 2.20. The number of halogens is 2. The summed E-state index contributed by atoms with van der Waals surface area (Å²) in [5, 5.41) is 7.30. The molecule has 0 amide bonds. The van der Waals surface area contributed by atoms with E-state index in [-0.39, 0.29) is 0 Å². The molecule has 94 valence electrons. The Morgan fingerprint density at radius 3 is 2.78 bits per heavy atom. The molecule has 0 aliphatic carbocycles. The quantitative estimate of drug-likeness (QED) is 0.891. The smallest absolute Gasteiger partial charge is 0.224 e. The van der Waals surface area contributed by atoms with Crippen molar-refractivity contribution >= 4 is 40.7 Å². The van der Waals surface area contributed by atoms with Gasteiger partial charge in [-0.3, -0.25) is 0 Å². The van der Waals surface area contributed by atoms with Gasteiger partial charge in [0.2, 0.25) is 5.95 Å². The van der Waals surface area contributed by atoms with Crippen LogP contribution in [0.25, 0.3) is 0 Å². The highest BCUT2D eigenvalue weighted by molar-refractivity contribution is 6.36. The number of nitrogens with zero attached hydrogens (tertiary/aromatic N) is 2. The fraction of sp³-hybridized carbons (Fsp3) is 0.167. The van der Waals surface area contributed by atoms with E-state index in [0.717, 1.165) is 12.2 Å². The van der Waals surface area contributed by atoms with Gasteiger partial charge in [0.05, 0.1) is 10.7 Å². The van der Waals surface area contributed by atoms with Crippen molar-refractivity contribution in [3.8, 4) is 0 Å². The molecule has 6 heteroatoms. The zero-order valence-electron chi connectivity index (χ0n) is 9.74. The molecule has 1 heterocycles. The second-order valence-electron chi connectivity index (χ2n) is 3.54. The van der Waals surface area contributed by atoms with Crippen molar-refractivity contribution in [2.45, 2.75) is 6.92 Å². The molecule has 18 heavy (non-hydrogen) atoms. The van der Waals surface area contributed by atoms with Crippen LogP contribution in [0.2, 0.25) is 10.0 Å². The van der Waals surface area contributed by atoms with Crippen molar-refractivity contribution in [2.24, 2.45) is 0 Å². The van der Waals surface area contributed by atoms with Crippen LogP contribution < -0.4 is 10.6 Å². The van der Waals surface area contributed by atoms with Gasteiger partial charge in [-0.25, -0.2) is 4.98 Å². The molecule has 1 aromatic carbocycles. The Morgan fingerprint density at radius 1 is 1.22 bits per heavy atom. The zero-order chi connectivity index (χ0) is 13.0. The van der Waals surface area contributed by atoms with Gasteiger partial charge in [0.25, 0.3) is 0 Å². The van der Waals surface area contributed by atoms with Crippen LogP contribution in [-0.4, -0.2) is 16.5 Å². The van der Waals surface area contributed by atoms with E-state index in [9.17, 15) is 0 Å². The van der Waals surface area contributed by atoms with Crippen molar-refractivity contribution in [2.75, 3.05) is 17.2 Å². The van der Waals surface area contributed by atoms with Crippen LogP contribution in [0.1, 0.15) is 6.92 Å². The second kappa shape index (κ2) is 5.89. The molecule has 0 atom stereocenters. The molecule has 0 saturated carbocycles. The van der Waals surface area contributed by atoms with Crippen molar-refractivity contribution < 1.29 is 0 Å². The van der Waals surface area contributed by atoms with E-state index in [1.807, 2.05) is 6.92 Å². The Bertz CT molecular complexity index is 545. The first-order chi connectivity index (χ1) is 8.69. The third-order valence-corrected chi connectivity index (χ3v) is 2.73. The predicted molar refractivity (Wildman–Crippen MR) is 75.9 cm³/mol. The number of nitrogens with one attached hydrogen (secondary N) is 2. The first-order valence-corrected chi connectivity index (χ1v) is 6.23. The first-order valence-electron chi connectivity index (χ1n) is 5.48. The Hall–Kier alpha value is -1.52. The summed E-state index contributed by atoms with van der Waals surface area (Å²) in [7, 11) is 0. The number of aromatic nitrogens is 2. The standard InChI is InChI=1S/C12H12Cl2N4/c1-2-15-12-16-6-5-11(18-12)17-10-4-3-8(13)7-9(10)14/h3-7H,2H2,1H3,(H2,15,16,17,18). The van der Waals surface area contributed by atoms with Gasteiger partial charge in [0.1, 0.15) is 5.82 Å². The molecule has 0 fully saturated rings. The highest BCUT2D eigenvalue weighted by atomic mass is 35.5. The maximum absolute atomic E-state index is 6.07. The SMILES string of the molecule is CCNc1nccc(Nc2ccc(Cl)cc2Cl)n1. The minimum absolute atomic E-state index is 0.547. The van der Waals surface area contributed by atoms with Crippen LogP contribution in [0.5, 0.6) is 0 Å². The van der Waals surface area contributed by atoms with Crippen molar-refractivity contribution in [1.29, 1.82) is 0 Å². The molecule has 0 bridgehead atoms. The zero-order valence-corrected chi connectivity index (χ0v) is 11.3. The number of hydrogen-bond acceptors (Lipinski definition) is 4.